The number of methoxy groups -OCH3 is 1. The lowest BCUT2D eigenvalue weighted by Gasteiger charge is -2.13. The van der Waals surface area contributed by atoms with Crippen LogP contribution in [0.3, 0.4) is 0 Å². The molecular formula is C24H27NO4S2. The number of amides is 1. The van der Waals surface area contributed by atoms with Gasteiger partial charge >= 0.3 is 0 Å². The molecule has 31 heavy (non-hydrogen) atoms. The molecule has 0 atom stereocenters. The third kappa shape index (κ3) is 5.60. The zero-order chi connectivity index (χ0) is 22.4. The topological polar surface area (TPSA) is 48.0 Å². The Bertz CT molecular complexity index is 983. The molecule has 7 heteroatoms. The van der Waals surface area contributed by atoms with Crippen molar-refractivity contribution in [1.29, 1.82) is 0 Å². The molecule has 0 unspecified atom stereocenters. The summed E-state index contributed by atoms with van der Waals surface area (Å²) in [5.41, 5.74) is 3.13. The van der Waals surface area contributed by atoms with Crippen molar-refractivity contribution in [3.05, 3.63) is 58.0 Å². The molecule has 2 aromatic rings. The highest BCUT2D eigenvalue weighted by molar-refractivity contribution is 8.26. The van der Waals surface area contributed by atoms with E-state index in [0.29, 0.717) is 40.5 Å². The lowest BCUT2D eigenvalue weighted by molar-refractivity contribution is -0.121. The van der Waals surface area contributed by atoms with Gasteiger partial charge in [0.2, 0.25) is 0 Å². The van der Waals surface area contributed by atoms with Gasteiger partial charge in [-0.05, 0) is 55.7 Å². The fourth-order valence-corrected chi connectivity index (χ4v) is 4.64. The van der Waals surface area contributed by atoms with Gasteiger partial charge < -0.3 is 14.2 Å². The van der Waals surface area contributed by atoms with Crippen molar-refractivity contribution in [2.45, 2.75) is 27.2 Å². The molecule has 5 nitrogen and oxygen atoms in total. The van der Waals surface area contributed by atoms with E-state index in [0.717, 1.165) is 28.9 Å². The van der Waals surface area contributed by atoms with Gasteiger partial charge in [-0.1, -0.05) is 48.2 Å². The first-order chi connectivity index (χ1) is 14.9. The van der Waals surface area contributed by atoms with E-state index in [4.69, 9.17) is 26.4 Å². The number of hydrogen-bond acceptors (Lipinski definition) is 6. The first kappa shape index (κ1) is 23.2. The van der Waals surface area contributed by atoms with E-state index >= 15 is 0 Å². The van der Waals surface area contributed by atoms with E-state index < -0.39 is 0 Å². The second-order valence-corrected chi connectivity index (χ2v) is 8.78. The Morgan fingerprint density at radius 3 is 2.42 bits per heavy atom. The Morgan fingerprint density at radius 1 is 1.06 bits per heavy atom. The second kappa shape index (κ2) is 10.7. The SMILES string of the molecule is CCN1C(=O)/C(=C\c2ccc(OCCCOc3c(C)cccc3C)c(OC)c2)SC1=S. The Hall–Kier alpha value is -2.51. The van der Waals surface area contributed by atoms with E-state index in [1.54, 1.807) is 12.0 Å². The maximum Gasteiger partial charge on any atom is 0.266 e. The Labute approximate surface area is 193 Å². The van der Waals surface area contributed by atoms with Gasteiger partial charge in [0.25, 0.3) is 5.91 Å². The maximum atomic E-state index is 12.4. The molecule has 0 bridgehead atoms. The van der Waals surface area contributed by atoms with Crippen LogP contribution in [0.5, 0.6) is 17.2 Å². The number of carbonyl (C=O) groups excluding carboxylic acids is 1. The summed E-state index contributed by atoms with van der Waals surface area (Å²) in [5.74, 6) is 2.17. The van der Waals surface area contributed by atoms with Gasteiger partial charge in [-0.3, -0.25) is 9.69 Å². The number of likely N-dealkylation sites (N-methyl/N-ethyl adjacent to an activating group) is 1. The summed E-state index contributed by atoms with van der Waals surface area (Å²) in [7, 11) is 1.60. The standard InChI is InChI=1S/C24H27NO4S2/c1-5-25-23(26)21(31-24(25)30)15-18-10-11-19(20(14-18)27-4)28-12-7-13-29-22-16(2)8-6-9-17(22)3/h6,8-11,14-15H,5,7,12-13H2,1-4H3/b21-15+. The number of para-hydroxylation sites is 1. The predicted molar refractivity (Wildman–Crippen MR) is 130 cm³/mol. The van der Waals surface area contributed by atoms with Gasteiger partial charge in [0.1, 0.15) is 10.1 Å². The minimum atomic E-state index is -0.0549. The van der Waals surface area contributed by atoms with Crippen molar-refractivity contribution in [3.63, 3.8) is 0 Å². The minimum Gasteiger partial charge on any atom is -0.493 e. The highest BCUT2D eigenvalue weighted by Crippen LogP contribution is 2.34. The maximum absolute atomic E-state index is 12.4. The van der Waals surface area contributed by atoms with Gasteiger partial charge in [0.05, 0.1) is 25.2 Å². The van der Waals surface area contributed by atoms with Gasteiger partial charge in [-0.2, -0.15) is 0 Å². The molecule has 3 rings (SSSR count). The zero-order valence-electron chi connectivity index (χ0n) is 18.3. The predicted octanol–water partition coefficient (Wildman–Crippen LogP) is 5.38. The van der Waals surface area contributed by atoms with Crippen LogP contribution in [0, 0.1) is 13.8 Å². The summed E-state index contributed by atoms with van der Waals surface area (Å²) in [6.45, 7) is 7.67. The Morgan fingerprint density at radius 2 is 1.77 bits per heavy atom. The summed E-state index contributed by atoms with van der Waals surface area (Å²) >= 11 is 6.59. The van der Waals surface area contributed by atoms with E-state index in [2.05, 4.69) is 0 Å². The number of benzene rings is 2. The van der Waals surface area contributed by atoms with Gasteiger partial charge in [0.15, 0.2) is 11.5 Å². The number of rotatable bonds is 9. The lowest BCUT2D eigenvalue weighted by atomic mass is 10.1. The minimum absolute atomic E-state index is 0.0549. The number of carbonyl (C=O) groups is 1. The van der Waals surface area contributed by atoms with Crippen LogP contribution in [0.2, 0.25) is 0 Å². The number of hydrogen-bond donors (Lipinski definition) is 0. The van der Waals surface area contributed by atoms with Crippen LogP contribution in [0.15, 0.2) is 41.3 Å². The number of aryl methyl sites for hydroxylation is 2. The largest absolute Gasteiger partial charge is 0.493 e. The van der Waals surface area contributed by atoms with Crippen LogP contribution in [0.4, 0.5) is 0 Å². The number of nitrogens with zero attached hydrogens (tertiary/aromatic N) is 1. The summed E-state index contributed by atoms with van der Waals surface area (Å²) in [4.78, 5) is 14.6. The molecule has 0 N–H and O–H groups in total. The molecule has 0 spiro atoms. The van der Waals surface area contributed by atoms with Crippen LogP contribution < -0.4 is 14.2 Å². The molecule has 0 aliphatic carbocycles. The Balaban J connectivity index is 1.57. The fourth-order valence-electron chi connectivity index (χ4n) is 3.26. The van der Waals surface area contributed by atoms with Crippen molar-refractivity contribution in [3.8, 4) is 17.2 Å². The van der Waals surface area contributed by atoms with Crippen molar-refractivity contribution < 1.29 is 19.0 Å². The number of thioether (sulfide) groups is 1. The molecule has 0 radical (unpaired) electrons. The summed E-state index contributed by atoms with van der Waals surface area (Å²) < 4.78 is 17.9. The van der Waals surface area contributed by atoms with Crippen molar-refractivity contribution in [1.82, 2.24) is 4.90 Å². The van der Waals surface area contributed by atoms with E-state index in [1.807, 2.05) is 63.2 Å². The molecule has 1 saturated heterocycles. The molecule has 1 aliphatic heterocycles. The highest BCUT2D eigenvalue weighted by atomic mass is 32.2. The van der Waals surface area contributed by atoms with Crippen molar-refractivity contribution in [2.24, 2.45) is 0 Å². The molecule has 1 heterocycles. The first-order valence-electron chi connectivity index (χ1n) is 10.2. The van der Waals surface area contributed by atoms with E-state index in [1.165, 1.54) is 11.8 Å². The fraction of sp³-hybridized carbons (Fsp3) is 0.333. The van der Waals surface area contributed by atoms with E-state index in [-0.39, 0.29) is 5.91 Å². The van der Waals surface area contributed by atoms with Crippen LogP contribution in [-0.4, -0.2) is 42.0 Å². The Kier molecular flexibility index (Phi) is 7.98. The summed E-state index contributed by atoms with van der Waals surface area (Å²) in [5, 5.41) is 0. The van der Waals surface area contributed by atoms with Crippen molar-refractivity contribution in [2.75, 3.05) is 26.9 Å². The van der Waals surface area contributed by atoms with Crippen LogP contribution in [0.1, 0.15) is 30.0 Å². The third-order valence-electron chi connectivity index (χ3n) is 4.88. The van der Waals surface area contributed by atoms with Gasteiger partial charge in [-0.25, -0.2) is 0 Å². The number of ether oxygens (including phenoxy) is 3. The molecular weight excluding hydrogens is 430 g/mol. The van der Waals surface area contributed by atoms with Crippen molar-refractivity contribution >= 4 is 40.3 Å². The first-order valence-corrected chi connectivity index (χ1v) is 11.4. The molecule has 1 fully saturated rings. The summed E-state index contributed by atoms with van der Waals surface area (Å²) in [6.07, 6.45) is 2.58. The average Bonchev–Trinajstić information content (AvgIpc) is 3.02. The van der Waals surface area contributed by atoms with Gasteiger partial charge in [0, 0.05) is 13.0 Å². The lowest BCUT2D eigenvalue weighted by Crippen LogP contribution is -2.27. The molecule has 1 aliphatic rings. The normalized spacial score (nSPS) is 15.0. The van der Waals surface area contributed by atoms with E-state index in [9.17, 15) is 4.79 Å². The monoisotopic (exact) mass is 457 g/mol. The summed E-state index contributed by atoms with van der Waals surface area (Å²) in [6, 6.07) is 11.8. The zero-order valence-corrected chi connectivity index (χ0v) is 19.9. The van der Waals surface area contributed by atoms with Gasteiger partial charge in [-0.15, -0.1) is 0 Å². The molecule has 1 amide bonds. The number of thiocarbonyl (C=S) groups is 1. The molecule has 164 valence electrons. The van der Waals surface area contributed by atoms with Crippen LogP contribution >= 0.6 is 24.0 Å². The second-order valence-electron chi connectivity index (χ2n) is 7.11. The highest BCUT2D eigenvalue weighted by Gasteiger charge is 2.30. The molecule has 2 aromatic carbocycles. The van der Waals surface area contributed by atoms with Crippen LogP contribution in [0.25, 0.3) is 6.08 Å². The quantitative estimate of drug-likeness (QED) is 0.286. The molecule has 0 saturated carbocycles. The molecule has 0 aromatic heterocycles. The van der Waals surface area contributed by atoms with Crippen LogP contribution in [-0.2, 0) is 4.79 Å². The third-order valence-corrected chi connectivity index (χ3v) is 6.25. The average molecular weight is 458 g/mol. The smallest absolute Gasteiger partial charge is 0.266 e.